The highest BCUT2D eigenvalue weighted by molar-refractivity contribution is 5.42. The standard InChI is InChI=1S/C23H29NO/c1-4-15-24(16-5-2)17-14-21(20-11-7-6-8-12-20)22-13-9-10-19(3)18-23(22)25/h4-13,18-19,21,25H,1-2,14-17H2,3H3. The first-order valence-corrected chi connectivity index (χ1v) is 8.94. The van der Waals surface area contributed by atoms with E-state index in [4.69, 9.17) is 0 Å². The topological polar surface area (TPSA) is 23.5 Å². The fourth-order valence-electron chi connectivity index (χ4n) is 3.24. The van der Waals surface area contributed by atoms with Gasteiger partial charge in [-0.1, -0.05) is 67.6 Å². The van der Waals surface area contributed by atoms with Gasteiger partial charge in [-0.2, -0.15) is 0 Å². The normalized spacial score (nSPS) is 18.2. The molecule has 0 bridgehead atoms. The summed E-state index contributed by atoms with van der Waals surface area (Å²) in [6.45, 7) is 12.4. The molecule has 2 unspecified atom stereocenters. The van der Waals surface area contributed by atoms with Crippen LogP contribution in [0.2, 0.25) is 0 Å². The molecule has 2 heteroatoms. The Labute approximate surface area is 152 Å². The second-order valence-corrected chi connectivity index (χ2v) is 6.51. The molecule has 0 saturated heterocycles. The van der Waals surface area contributed by atoms with Crippen molar-refractivity contribution < 1.29 is 5.11 Å². The lowest BCUT2D eigenvalue weighted by atomic mass is 9.86. The van der Waals surface area contributed by atoms with Gasteiger partial charge < -0.3 is 5.11 Å². The number of rotatable bonds is 9. The number of allylic oxidation sites excluding steroid dienone is 5. The molecule has 0 aliphatic heterocycles. The Balaban J connectivity index is 2.26. The SMILES string of the molecule is C=CCN(CC=C)CCC(C1=CC=CC(C)C=C1O)c1ccccc1. The Kier molecular flexibility index (Phi) is 7.49. The Bertz CT molecular complexity index is 644. The van der Waals surface area contributed by atoms with Gasteiger partial charge in [0.05, 0.1) is 0 Å². The summed E-state index contributed by atoms with van der Waals surface area (Å²) >= 11 is 0. The van der Waals surface area contributed by atoms with E-state index in [0.717, 1.165) is 31.6 Å². The van der Waals surface area contributed by atoms with E-state index in [9.17, 15) is 5.11 Å². The van der Waals surface area contributed by atoms with E-state index in [1.807, 2.05) is 24.3 Å². The van der Waals surface area contributed by atoms with Crippen LogP contribution in [0.1, 0.15) is 24.8 Å². The second-order valence-electron chi connectivity index (χ2n) is 6.51. The summed E-state index contributed by atoms with van der Waals surface area (Å²) in [6.07, 6.45) is 12.9. The van der Waals surface area contributed by atoms with Crippen LogP contribution in [-0.4, -0.2) is 29.6 Å². The predicted octanol–water partition coefficient (Wildman–Crippen LogP) is 5.41. The highest BCUT2D eigenvalue weighted by Crippen LogP contribution is 2.33. The minimum absolute atomic E-state index is 0.157. The molecule has 0 saturated carbocycles. The third kappa shape index (κ3) is 5.61. The first kappa shape index (κ1) is 19.0. The zero-order valence-corrected chi connectivity index (χ0v) is 15.1. The van der Waals surface area contributed by atoms with Crippen molar-refractivity contribution in [3.63, 3.8) is 0 Å². The van der Waals surface area contributed by atoms with Crippen molar-refractivity contribution in [3.8, 4) is 0 Å². The molecule has 1 aliphatic carbocycles. The highest BCUT2D eigenvalue weighted by Gasteiger charge is 2.21. The van der Waals surface area contributed by atoms with Crippen LogP contribution in [0.15, 0.2) is 91.3 Å². The molecule has 1 aliphatic rings. The smallest absolute Gasteiger partial charge is 0.115 e. The van der Waals surface area contributed by atoms with Crippen molar-refractivity contribution in [1.82, 2.24) is 4.90 Å². The van der Waals surface area contributed by atoms with Gasteiger partial charge in [0.2, 0.25) is 0 Å². The number of aliphatic hydroxyl groups excluding tert-OH is 1. The van der Waals surface area contributed by atoms with Crippen LogP contribution < -0.4 is 0 Å². The molecular formula is C23H29NO. The predicted molar refractivity (Wildman–Crippen MR) is 108 cm³/mol. The molecule has 1 aromatic carbocycles. The summed E-state index contributed by atoms with van der Waals surface area (Å²) in [5.74, 6) is 0.790. The van der Waals surface area contributed by atoms with Crippen molar-refractivity contribution in [2.75, 3.05) is 19.6 Å². The molecule has 0 radical (unpaired) electrons. The van der Waals surface area contributed by atoms with Crippen molar-refractivity contribution in [2.24, 2.45) is 5.92 Å². The zero-order valence-electron chi connectivity index (χ0n) is 15.1. The third-order valence-electron chi connectivity index (χ3n) is 4.49. The van der Waals surface area contributed by atoms with Crippen molar-refractivity contribution >= 4 is 0 Å². The molecular weight excluding hydrogens is 306 g/mol. The molecule has 0 amide bonds. The number of hydrogen-bond acceptors (Lipinski definition) is 2. The fraction of sp³-hybridized carbons (Fsp3) is 0.304. The Morgan fingerprint density at radius 3 is 2.48 bits per heavy atom. The van der Waals surface area contributed by atoms with E-state index in [-0.39, 0.29) is 11.8 Å². The van der Waals surface area contributed by atoms with E-state index in [1.54, 1.807) is 0 Å². The molecule has 2 atom stereocenters. The third-order valence-corrected chi connectivity index (χ3v) is 4.49. The summed E-state index contributed by atoms with van der Waals surface area (Å²) in [5.41, 5.74) is 2.22. The summed E-state index contributed by atoms with van der Waals surface area (Å²) in [5, 5.41) is 10.6. The molecule has 0 aromatic heterocycles. The summed E-state index contributed by atoms with van der Waals surface area (Å²) in [6, 6.07) is 10.4. The molecule has 0 fully saturated rings. The van der Waals surface area contributed by atoms with Crippen molar-refractivity contribution in [1.29, 1.82) is 0 Å². The number of aliphatic hydroxyl groups is 1. The van der Waals surface area contributed by atoms with Crippen LogP contribution in [0.4, 0.5) is 0 Å². The van der Waals surface area contributed by atoms with Crippen molar-refractivity contribution in [3.05, 3.63) is 96.8 Å². The molecule has 0 spiro atoms. The largest absolute Gasteiger partial charge is 0.508 e. The maximum atomic E-state index is 10.6. The molecule has 2 rings (SSSR count). The van der Waals surface area contributed by atoms with Gasteiger partial charge in [0.1, 0.15) is 5.76 Å². The molecule has 2 nitrogen and oxygen atoms in total. The van der Waals surface area contributed by atoms with E-state index in [1.165, 1.54) is 5.56 Å². The van der Waals surface area contributed by atoms with Gasteiger partial charge in [0.15, 0.2) is 0 Å². The summed E-state index contributed by atoms with van der Waals surface area (Å²) in [4.78, 5) is 2.31. The Hall–Kier alpha value is -2.32. The zero-order chi connectivity index (χ0) is 18.1. The molecule has 132 valence electrons. The van der Waals surface area contributed by atoms with E-state index in [0.29, 0.717) is 5.76 Å². The lowest BCUT2D eigenvalue weighted by Crippen LogP contribution is -2.26. The maximum absolute atomic E-state index is 10.6. The molecule has 25 heavy (non-hydrogen) atoms. The number of hydrogen-bond donors (Lipinski definition) is 1. The maximum Gasteiger partial charge on any atom is 0.115 e. The van der Waals surface area contributed by atoms with Gasteiger partial charge in [-0.05, 0) is 30.5 Å². The van der Waals surface area contributed by atoms with Crippen LogP contribution in [-0.2, 0) is 0 Å². The summed E-state index contributed by atoms with van der Waals surface area (Å²) < 4.78 is 0. The van der Waals surface area contributed by atoms with Crippen LogP contribution >= 0.6 is 0 Å². The Morgan fingerprint density at radius 2 is 1.84 bits per heavy atom. The first-order valence-electron chi connectivity index (χ1n) is 8.94. The quantitative estimate of drug-likeness (QED) is 0.610. The van der Waals surface area contributed by atoms with Crippen LogP contribution in [0.5, 0.6) is 0 Å². The van der Waals surface area contributed by atoms with Crippen LogP contribution in [0.25, 0.3) is 0 Å². The minimum Gasteiger partial charge on any atom is -0.508 e. The molecule has 1 aromatic rings. The van der Waals surface area contributed by atoms with Crippen LogP contribution in [0, 0.1) is 5.92 Å². The van der Waals surface area contributed by atoms with Gasteiger partial charge in [0.25, 0.3) is 0 Å². The van der Waals surface area contributed by atoms with E-state index < -0.39 is 0 Å². The summed E-state index contributed by atoms with van der Waals surface area (Å²) in [7, 11) is 0. The molecule has 0 heterocycles. The fourth-order valence-corrected chi connectivity index (χ4v) is 3.24. The monoisotopic (exact) mass is 335 g/mol. The average molecular weight is 335 g/mol. The number of nitrogens with zero attached hydrogens (tertiary/aromatic N) is 1. The van der Waals surface area contributed by atoms with Gasteiger partial charge >= 0.3 is 0 Å². The lowest BCUT2D eigenvalue weighted by Gasteiger charge is -2.25. The van der Waals surface area contributed by atoms with Gasteiger partial charge in [-0.15, -0.1) is 13.2 Å². The van der Waals surface area contributed by atoms with Gasteiger partial charge in [0, 0.05) is 24.6 Å². The Morgan fingerprint density at radius 1 is 1.16 bits per heavy atom. The second kappa shape index (κ2) is 9.85. The minimum atomic E-state index is 0.157. The highest BCUT2D eigenvalue weighted by atomic mass is 16.3. The van der Waals surface area contributed by atoms with Crippen LogP contribution in [0.3, 0.4) is 0 Å². The van der Waals surface area contributed by atoms with E-state index in [2.05, 4.69) is 67.5 Å². The van der Waals surface area contributed by atoms with Gasteiger partial charge in [-0.3, -0.25) is 4.90 Å². The lowest BCUT2D eigenvalue weighted by molar-refractivity contribution is 0.320. The first-order chi connectivity index (χ1) is 12.2. The van der Waals surface area contributed by atoms with Crippen molar-refractivity contribution in [2.45, 2.75) is 19.3 Å². The van der Waals surface area contributed by atoms with Gasteiger partial charge in [-0.25, -0.2) is 0 Å². The average Bonchev–Trinajstić information content (AvgIpc) is 2.77. The van der Waals surface area contributed by atoms with E-state index >= 15 is 0 Å². The number of benzene rings is 1. The molecule has 1 N–H and O–H groups in total.